The lowest BCUT2D eigenvalue weighted by molar-refractivity contribution is -0.146. The Morgan fingerprint density at radius 1 is 1.62 bits per heavy atom. The second-order valence-corrected chi connectivity index (χ2v) is 3.95. The maximum atomic E-state index is 11.8. The molecule has 1 atom stereocenters. The van der Waals surface area contributed by atoms with Crippen LogP contribution in [0.3, 0.4) is 0 Å². The molecule has 1 unspecified atom stereocenters. The van der Waals surface area contributed by atoms with Crippen LogP contribution in [-0.2, 0) is 16.0 Å². The fourth-order valence-electron chi connectivity index (χ4n) is 1.78. The Morgan fingerprint density at radius 2 is 2.44 bits per heavy atom. The zero-order valence-corrected chi connectivity index (χ0v) is 8.89. The molecule has 1 saturated heterocycles. The first-order valence-corrected chi connectivity index (χ1v) is 5.28. The Balaban J connectivity index is 1.97. The smallest absolute Gasteiger partial charge is 0.236 e. The third kappa shape index (κ3) is 2.30. The topological polar surface area (TPSA) is 76.5 Å². The highest BCUT2D eigenvalue weighted by atomic mass is 16.3. The first kappa shape index (κ1) is 10.9. The van der Waals surface area contributed by atoms with Gasteiger partial charge < -0.3 is 10.2 Å². The zero-order chi connectivity index (χ0) is 11.5. The number of likely N-dealkylation sites (tertiary alicyclic amines) is 1. The van der Waals surface area contributed by atoms with Crippen molar-refractivity contribution in [3.05, 3.63) is 24.2 Å². The fourth-order valence-corrected chi connectivity index (χ4v) is 1.78. The number of hydrogen-bond acceptors (Lipinski definition) is 4. The summed E-state index contributed by atoms with van der Waals surface area (Å²) in [5, 5.41) is 0. The molecule has 1 aromatic rings. The van der Waals surface area contributed by atoms with Crippen molar-refractivity contribution in [2.24, 2.45) is 5.73 Å². The predicted molar refractivity (Wildman–Crippen MR) is 56.3 cm³/mol. The van der Waals surface area contributed by atoms with E-state index in [9.17, 15) is 9.59 Å². The van der Waals surface area contributed by atoms with Gasteiger partial charge in [0.2, 0.25) is 11.8 Å². The second-order valence-electron chi connectivity index (χ2n) is 3.95. The Kier molecular flexibility index (Phi) is 3.05. The average molecular weight is 222 g/mol. The summed E-state index contributed by atoms with van der Waals surface area (Å²) in [6.45, 7) is 0.416. The lowest BCUT2D eigenvalue weighted by Gasteiger charge is -2.28. The van der Waals surface area contributed by atoms with E-state index in [0.29, 0.717) is 18.7 Å². The highest BCUT2D eigenvalue weighted by molar-refractivity contribution is 5.96. The number of rotatable bonds is 2. The van der Waals surface area contributed by atoms with Crippen LogP contribution in [0.2, 0.25) is 0 Å². The van der Waals surface area contributed by atoms with Gasteiger partial charge in [-0.2, -0.15) is 0 Å². The van der Waals surface area contributed by atoms with Gasteiger partial charge in [0.1, 0.15) is 5.76 Å². The summed E-state index contributed by atoms with van der Waals surface area (Å²) in [6, 6.07) is 3.33. The van der Waals surface area contributed by atoms with Crippen LogP contribution in [0.4, 0.5) is 0 Å². The summed E-state index contributed by atoms with van der Waals surface area (Å²) in [4.78, 5) is 24.6. The van der Waals surface area contributed by atoms with Crippen LogP contribution in [0, 0.1) is 0 Å². The predicted octanol–water partition coefficient (Wildman–Crippen LogP) is 0.298. The standard InChI is InChI=1S/C11H14N2O3/c12-8-3-4-13(10(14)6-8)11(15)7-9-2-1-5-16-9/h1-2,5,8H,3-4,6-7,12H2. The number of carbonyl (C=O) groups is 2. The molecule has 1 aliphatic rings. The van der Waals surface area contributed by atoms with E-state index in [-0.39, 0.29) is 30.7 Å². The molecule has 16 heavy (non-hydrogen) atoms. The molecule has 2 rings (SSSR count). The molecule has 0 radical (unpaired) electrons. The first-order valence-electron chi connectivity index (χ1n) is 5.28. The normalized spacial score (nSPS) is 21.2. The molecule has 0 aromatic carbocycles. The monoisotopic (exact) mass is 222 g/mol. The summed E-state index contributed by atoms with van der Waals surface area (Å²) >= 11 is 0. The maximum Gasteiger partial charge on any atom is 0.236 e. The quantitative estimate of drug-likeness (QED) is 0.780. The van der Waals surface area contributed by atoms with Crippen LogP contribution >= 0.6 is 0 Å². The van der Waals surface area contributed by atoms with Crippen molar-refractivity contribution < 1.29 is 14.0 Å². The van der Waals surface area contributed by atoms with Gasteiger partial charge in [0, 0.05) is 19.0 Å². The molecule has 5 nitrogen and oxygen atoms in total. The molecular weight excluding hydrogens is 208 g/mol. The number of amides is 2. The van der Waals surface area contributed by atoms with Crippen LogP contribution in [0.5, 0.6) is 0 Å². The van der Waals surface area contributed by atoms with Crippen molar-refractivity contribution in [2.45, 2.75) is 25.3 Å². The van der Waals surface area contributed by atoms with E-state index in [4.69, 9.17) is 10.2 Å². The SMILES string of the molecule is NC1CCN(C(=O)Cc2ccco2)C(=O)C1. The van der Waals surface area contributed by atoms with Crippen molar-refractivity contribution >= 4 is 11.8 Å². The van der Waals surface area contributed by atoms with E-state index in [0.717, 1.165) is 0 Å². The van der Waals surface area contributed by atoms with Crippen molar-refractivity contribution in [3.63, 3.8) is 0 Å². The summed E-state index contributed by atoms with van der Waals surface area (Å²) in [5.74, 6) is 0.176. The van der Waals surface area contributed by atoms with Gasteiger partial charge in [0.05, 0.1) is 12.7 Å². The van der Waals surface area contributed by atoms with Crippen molar-refractivity contribution in [3.8, 4) is 0 Å². The van der Waals surface area contributed by atoms with E-state index in [1.54, 1.807) is 12.1 Å². The van der Waals surface area contributed by atoms with Crippen LogP contribution < -0.4 is 5.73 Å². The number of nitrogens with zero attached hydrogens (tertiary/aromatic N) is 1. The number of nitrogens with two attached hydrogens (primary N) is 1. The molecule has 1 fully saturated rings. The van der Waals surface area contributed by atoms with Crippen molar-refractivity contribution in [1.82, 2.24) is 4.90 Å². The molecule has 0 bridgehead atoms. The summed E-state index contributed by atoms with van der Waals surface area (Å²) in [6.07, 6.45) is 2.57. The van der Waals surface area contributed by atoms with E-state index in [2.05, 4.69) is 0 Å². The molecule has 0 saturated carbocycles. The van der Waals surface area contributed by atoms with Gasteiger partial charge in [0.15, 0.2) is 0 Å². The largest absolute Gasteiger partial charge is 0.469 e. The Hall–Kier alpha value is -1.62. The lowest BCUT2D eigenvalue weighted by Crippen LogP contribution is -2.47. The number of imide groups is 1. The maximum absolute atomic E-state index is 11.8. The number of carbonyl (C=O) groups excluding carboxylic acids is 2. The van der Waals surface area contributed by atoms with Crippen LogP contribution in [0.1, 0.15) is 18.6 Å². The molecule has 1 aliphatic heterocycles. The lowest BCUT2D eigenvalue weighted by atomic mass is 10.0. The average Bonchev–Trinajstić information content (AvgIpc) is 2.70. The van der Waals surface area contributed by atoms with Gasteiger partial charge in [-0.15, -0.1) is 0 Å². The van der Waals surface area contributed by atoms with Crippen LogP contribution in [-0.4, -0.2) is 29.3 Å². The summed E-state index contributed by atoms with van der Waals surface area (Å²) in [7, 11) is 0. The molecule has 5 heteroatoms. The molecule has 1 aromatic heterocycles. The van der Waals surface area contributed by atoms with Gasteiger partial charge in [-0.05, 0) is 18.6 Å². The highest BCUT2D eigenvalue weighted by Gasteiger charge is 2.28. The van der Waals surface area contributed by atoms with Gasteiger partial charge in [-0.1, -0.05) is 0 Å². The van der Waals surface area contributed by atoms with E-state index in [1.165, 1.54) is 11.2 Å². The van der Waals surface area contributed by atoms with Crippen molar-refractivity contribution in [2.75, 3.05) is 6.54 Å². The molecule has 2 amide bonds. The summed E-state index contributed by atoms with van der Waals surface area (Å²) in [5.41, 5.74) is 5.65. The minimum atomic E-state index is -0.216. The van der Waals surface area contributed by atoms with Crippen LogP contribution in [0.25, 0.3) is 0 Å². The Bertz CT molecular complexity index is 386. The Labute approximate surface area is 93.2 Å². The van der Waals surface area contributed by atoms with Gasteiger partial charge in [0.25, 0.3) is 0 Å². The first-order chi connectivity index (χ1) is 7.66. The number of piperidine rings is 1. The summed E-state index contributed by atoms with van der Waals surface area (Å²) < 4.78 is 5.07. The third-order valence-electron chi connectivity index (χ3n) is 2.67. The molecule has 2 heterocycles. The molecule has 2 N–H and O–H groups in total. The van der Waals surface area contributed by atoms with Gasteiger partial charge in [-0.3, -0.25) is 14.5 Å². The Morgan fingerprint density at radius 3 is 3.06 bits per heavy atom. The van der Waals surface area contributed by atoms with E-state index < -0.39 is 0 Å². The zero-order valence-electron chi connectivity index (χ0n) is 8.89. The molecular formula is C11H14N2O3. The third-order valence-corrected chi connectivity index (χ3v) is 2.67. The minimum Gasteiger partial charge on any atom is -0.469 e. The fraction of sp³-hybridized carbons (Fsp3) is 0.455. The minimum absolute atomic E-state index is 0.111. The number of hydrogen-bond donors (Lipinski definition) is 1. The van der Waals surface area contributed by atoms with Crippen LogP contribution in [0.15, 0.2) is 22.8 Å². The number of furan rings is 1. The molecule has 0 spiro atoms. The molecule has 0 aliphatic carbocycles. The van der Waals surface area contributed by atoms with E-state index >= 15 is 0 Å². The van der Waals surface area contributed by atoms with Gasteiger partial charge >= 0.3 is 0 Å². The highest BCUT2D eigenvalue weighted by Crippen LogP contribution is 2.12. The van der Waals surface area contributed by atoms with Crippen molar-refractivity contribution in [1.29, 1.82) is 0 Å². The molecule has 86 valence electrons. The second kappa shape index (κ2) is 4.49. The van der Waals surface area contributed by atoms with E-state index in [1.807, 2.05) is 0 Å². The van der Waals surface area contributed by atoms with Gasteiger partial charge in [-0.25, -0.2) is 0 Å².